The molecule has 0 atom stereocenters. The van der Waals surface area contributed by atoms with E-state index in [-0.39, 0.29) is 17.6 Å². The molecule has 146 valence electrons. The Morgan fingerprint density at radius 3 is 2.54 bits per heavy atom. The number of anilines is 2. The number of amides is 1. The van der Waals surface area contributed by atoms with E-state index >= 15 is 0 Å². The second-order valence-electron chi connectivity index (χ2n) is 6.89. The third-order valence-corrected chi connectivity index (χ3v) is 6.86. The van der Waals surface area contributed by atoms with Crippen LogP contribution in [-0.2, 0) is 14.8 Å². The molecule has 1 saturated heterocycles. The summed E-state index contributed by atoms with van der Waals surface area (Å²) >= 11 is 6.06. The van der Waals surface area contributed by atoms with Crippen molar-refractivity contribution in [1.82, 2.24) is 4.31 Å². The summed E-state index contributed by atoms with van der Waals surface area (Å²) < 4.78 is 26.1. The third-order valence-electron chi connectivity index (χ3n) is 4.67. The molecule has 2 rings (SSSR count). The zero-order valence-corrected chi connectivity index (χ0v) is 17.2. The van der Waals surface area contributed by atoms with Gasteiger partial charge in [0.25, 0.3) is 0 Å². The summed E-state index contributed by atoms with van der Waals surface area (Å²) in [4.78, 5) is 14.6. The number of carbonyl (C=O) groups excluding carboxylic acids is 1. The molecule has 0 bridgehead atoms. The van der Waals surface area contributed by atoms with E-state index in [2.05, 4.69) is 5.32 Å². The van der Waals surface area contributed by atoms with Crippen LogP contribution >= 0.6 is 11.6 Å². The number of unbranched alkanes of at least 4 members (excludes halogenated alkanes) is 1. The van der Waals surface area contributed by atoms with E-state index < -0.39 is 10.0 Å². The van der Waals surface area contributed by atoms with Crippen molar-refractivity contribution in [2.24, 2.45) is 5.92 Å². The highest BCUT2D eigenvalue weighted by Gasteiger charge is 2.31. The van der Waals surface area contributed by atoms with E-state index in [0.29, 0.717) is 43.1 Å². The molecule has 1 heterocycles. The number of rotatable bonds is 7. The topological polar surface area (TPSA) is 69.7 Å². The molecule has 0 aromatic heterocycles. The first kappa shape index (κ1) is 21.0. The fraction of sp³-hybridized carbons (Fsp3) is 0.611. The Balaban J connectivity index is 1.98. The Bertz CT molecular complexity index is 729. The normalized spacial score (nSPS) is 16.5. The molecule has 6 nitrogen and oxygen atoms in total. The fourth-order valence-corrected chi connectivity index (χ4v) is 4.94. The van der Waals surface area contributed by atoms with Gasteiger partial charge in [0.05, 0.1) is 17.1 Å². The lowest BCUT2D eigenvalue weighted by molar-refractivity contribution is -0.120. The fourth-order valence-electron chi connectivity index (χ4n) is 3.09. The molecule has 0 radical (unpaired) electrons. The van der Waals surface area contributed by atoms with Crippen molar-refractivity contribution in [3.8, 4) is 0 Å². The van der Waals surface area contributed by atoms with Gasteiger partial charge >= 0.3 is 0 Å². The highest BCUT2D eigenvalue weighted by molar-refractivity contribution is 7.89. The number of halogens is 1. The van der Waals surface area contributed by atoms with E-state index in [9.17, 15) is 13.2 Å². The lowest BCUT2D eigenvalue weighted by Gasteiger charge is -2.31. The van der Waals surface area contributed by atoms with Gasteiger partial charge in [0.1, 0.15) is 0 Å². The van der Waals surface area contributed by atoms with Crippen LogP contribution in [0.15, 0.2) is 18.2 Å². The minimum absolute atomic E-state index is 0.0824. The number of hydrogen-bond donors (Lipinski definition) is 1. The Hall–Kier alpha value is -1.31. The first-order chi connectivity index (χ1) is 12.2. The van der Waals surface area contributed by atoms with Crippen LogP contribution in [0, 0.1) is 5.92 Å². The highest BCUT2D eigenvalue weighted by atomic mass is 35.5. The number of nitrogens with zero attached hydrogens (tertiary/aromatic N) is 2. The summed E-state index contributed by atoms with van der Waals surface area (Å²) in [5, 5.41) is 3.52. The molecule has 0 unspecified atom stereocenters. The monoisotopic (exact) mass is 401 g/mol. The van der Waals surface area contributed by atoms with Crippen molar-refractivity contribution in [3.63, 3.8) is 0 Å². The van der Waals surface area contributed by atoms with E-state index in [0.717, 1.165) is 12.1 Å². The number of nitrogens with one attached hydrogen (secondary N) is 1. The molecule has 26 heavy (non-hydrogen) atoms. The lowest BCUT2D eigenvalue weighted by Crippen LogP contribution is -2.42. The number of hydrogen-bond acceptors (Lipinski definition) is 4. The molecule has 1 N–H and O–H groups in total. The second-order valence-corrected chi connectivity index (χ2v) is 9.41. The van der Waals surface area contributed by atoms with Gasteiger partial charge in [-0.25, -0.2) is 12.7 Å². The Morgan fingerprint density at radius 2 is 1.96 bits per heavy atom. The zero-order valence-electron chi connectivity index (χ0n) is 15.7. The van der Waals surface area contributed by atoms with Crippen LogP contribution in [0.3, 0.4) is 0 Å². The first-order valence-corrected chi connectivity index (χ1v) is 11.0. The van der Waals surface area contributed by atoms with Crippen LogP contribution in [0.1, 0.15) is 32.6 Å². The van der Waals surface area contributed by atoms with Crippen LogP contribution in [0.25, 0.3) is 0 Å². The molecule has 0 spiro atoms. The summed E-state index contributed by atoms with van der Waals surface area (Å²) in [7, 11) is 0.603. The molecule has 0 saturated carbocycles. The second kappa shape index (κ2) is 9.06. The Labute approximate surface area is 161 Å². The van der Waals surface area contributed by atoms with Gasteiger partial charge in [0, 0.05) is 38.1 Å². The van der Waals surface area contributed by atoms with Crippen molar-refractivity contribution >= 4 is 38.9 Å². The standard InChI is InChI=1S/C18H28ClN3O3S/c1-4-5-12-26(24,25)22-10-8-14(9-11-22)18(23)20-16-13-15(19)6-7-17(16)21(2)3/h6-7,13-14H,4-5,8-12H2,1-3H3,(H,20,23). The van der Waals surface area contributed by atoms with Crippen LogP contribution in [0.4, 0.5) is 11.4 Å². The van der Waals surface area contributed by atoms with Crippen LogP contribution < -0.4 is 10.2 Å². The van der Waals surface area contributed by atoms with Crippen LogP contribution in [0.5, 0.6) is 0 Å². The van der Waals surface area contributed by atoms with Gasteiger partial charge < -0.3 is 10.2 Å². The summed E-state index contributed by atoms with van der Waals surface area (Å²) in [6, 6.07) is 5.38. The molecule has 1 aliphatic heterocycles. The van der Waals surface area contributed by atoms with Crippen molar-refractivity contribution in [2.75, 3.05) is 43.2 Å². The van der Waals surface area contributed by atoms with E-state index in [1.807, 2.05) is 32.0 Å². The van der Waals surface area contributed by atoms with Gasteiger partial charge in [-0.05, 0) is 37.5 Å². The van der Waals surface area contributed by atoms with E-state index in [4.69, 9.17) is 11.6 Å². The van der Waals surface area contributed by atoms with Gasteiger partial charge in [-0.1, -0.05) is 24.9 Å². The molecule has 1 amide bonds. The summed E-state index contributed by atoms with van der Waals surface area (Å²) in [5.74, 6) is -0.0858. The predicted octanol–water partition coefficient (Wildman–Crippen LogP) is 3.19. The molecular weight excluding hydrogens is 374 g/mol. The molecular formula is C18H28ClN3O3S. The minimum Gasteiger partial charge on any atom is -0.376 e. The Morgan fingerprint density at radius 1 is 1.31 bits per heavy atom. The maximum atomic E-state index is 12.6. The number of carbonyl (C=O) groups is 1. The predicted molar refractivity (Wildman–Crippen MR) is 107 cm³/mol. The molecule has 0 aliphatic carbocycles. The van der Waals surface area contributed by atoms with Crippen molar-refractivity contribution in [1.29, 1.82) is 0 Å². The number of piperidine rings is 1. The average molecular weight is 402 g/mol. The van der Waals surface area contributed by atoms with Gasteiger partial charge in [-0.2, -0.15) is 0 Å². The first-order valence-electron chi connectivity index (χ1n) is 9.00. The minimum atomic E-state index is -3.20. The number of benzene rings is 1. The lowest BCUT2D eigenvalue weighted by atomic mass is 9.97. The number of sulfonamides is 1. The SMILES string of the molecule is CCCCS(=O)(=O)N1CCC(C(=O)Nc2cc(Cl)ccc2N(C)C)CC1. The van der Waals surface area contributed by atoms with Crippen molar-refractivity contribution < 1.29 is 13.2 Å². The third kappa shape index (κ3) is 5.34. The van der Waals surface area contributed by atoms with Gasteiger partial charge in [-0.15, -0.1) is 0 Å². The zero-order chi connectivity index (χ0) is 19.3. The quantitative estimate of drug-likeness (QED) is 0.761. The molecule has 1 aromatic carbocycles. The summed E-state index contributed by atoms with van der Waals surface area (Å²) in [6.45, 7) is 2.78. The molecule has 8 heteroatoms. The van der Waals surface area contributed by atoms with Gasteiger partial charge in [0.2, 0.25) is 15.9 Å². The maximum absolute atomic E-state index is 12.6. The summed E-state index contributed by atoms with van der Waals surface area (Å²) in [6.07, 6.45) is 2.60. The highest BCUT2D eigenvalue weighted by Crippen LogP contribution is 2.29. The smallest absolute Gasteiger partial charge is 0.227 e. The van der Waals surface area contributed by atoms with E-state index in [1.165, 1.54) is 4.31 Å². The average Bonchev–Trinajstić information content (AvgIpc) is 2.60. The van der Waals surface area contributed by atoms with Crippen molar-refractivity contribution in [2.45, 2.75) is 32.6 Å². The molecule has 1 aliphatic rings. The maximum Gasteiger partial charge on any atom is 0.227 e. The van der Waals surface area contributed by atoms with E-state index in [1.54, 1.807) is 12.1 Å². The van der Waals surface area contributed by atoms with Gasteiger partial charge in [0.15, 0.2) is 0 Å². The van der Waals surface area contributed by atoms with Crippen LogP contribution in [-0.4, -0.2) is 51.6 Å². The Kier molecular flexibility index (Phi) is 7.32. The van der Waals surface area contributed by atoms with Crippen LogP contribution in [0.2, 0.25) is 5.02 Å². The molecule has 1 fully saturated rings. The van der Waals surface area contributed by atoms with Crippen molar-refractivity contribution in [3.05, 3.63) is 23.2 Å². The largest absolute Gasteiger partial charge is 0.376 e. The van der Waals surface area contributed by atoms with Gasteiger partial charge in [-0.3, -0.25) is 4.79 Å². The molecule has 1 aromatic rings. The summed E-state index contributed by atoms with van der Waals surface area (Å²) in [5.41, 5.74) is 1.55.